The van der Waals surface area contributed by atoms with Gasteiger partial charge in [0, 0.05) is 26.7 Å². The van der Waals surface area contributed by atoms with Gasteiger partial charge in [0.25, 0.3) is 0 Å². The lowest BCUT2D eigenvalue weighted by Crippen LogP contribution is -2.40. The molecular weight excluding hydrogens is 276 g/mol. The molecule has 1 aromatic rings. The van der Waals surface area contributed by atoms with E-state index in [2.05, 4.69) is 5.32 Å². The molecule has 6 heteroatoms. The van der Waals surface area contributed by atoms with Crippen LogP contribution in [0.5, 0.6) is 0 Å². The third kappa shape index (κ3) is 3.20. The molecule has 1 aliphatic heterocycles. The van der Waals surface area contributed by atoms with Crippen molar-refractivity contribution in [2.24, 2.45) is 0 Å². The lowest BCUT2D eigenvalue weighted by Gasteiger charge is -2.30. The van der Waals surface area contributed by atoms with Crippen LogP contribution >= 0.6 is 0 Å². The molecule has 1 saturated heterocycles. The van der Waals surface area contributed by atoms with Crippen molar-refractivity contribution >= 4 is 10.0 Å². The highest BCUT2D eigenvalue weighted by molar-refractivity contribution is 7.89. The fraction of sp³-hybridized carbons (Fsp3) is 0.571. The maximum atomic E-state index is 12.7. The van der Waals surface area contributed by atoms with Gasteiger partial charge in [-0.1, -0.05) is 18.2 Å². The van der Waals surface area contributed by atoms with Crippen LogP contribution in [0.1, 0.15) is 18.4 Å². The molecule has 0 radical (unpaired) electrons. The Kier molecular flexibility index (Phi) is 5.15. The van der Waals surface area contributed by atoms with Gasteiger partial charge < -0.3 is 10.1 Å². The minimum absolute atomic E-state index is 0.175. The van der Waals surface area contributed by atoms with E-state index in [4.69, 9.17) is 4.74 Å². The van der Waals surface area contributed by atoms with Gasteiger partial charge in [-0.15, -0.1) is 0 Å². The predicted molar refractivity (Wildman–Crippen MR) is 78.0 cm³/mol. The highest BCUT2D eigenvalue weighted by atomic mass is 32.2. The summed E-state index contributed by atoms with van der Waals surface area (Å²) in [4.78, 5) is 0.408. The minimum Gasteiger partial charge on any atom is -0.381 e. The van der Waals surface area contributed by atoms with E-state index in [1.807, 2.05) is 19.2 Å². The SMILES string of the molecule is CNCc1ccccc1S(=O)(=O)N1CCC(OC)CC1. The summed E-state index contributed by atoms with van der Waals surface area (Å²) in [5, 5.41) is 3.01. The molecule has 1 heterocycles. The fourth-order valence-corrected chi connectivity index (χ4v) is 4.23. The monoisotopic (exact) mass is 298 g/mol. The first-order valence-electron chi connectivity index (χ1n) is 6.85. The average Bonchev–Trinajstić information content (AvgIpc) is 2.48. The Morgan fingerprint density at radius 1 is 1.30 bits per heavy atom. The first-order chi connectivity index (χ1) is 9.59. The van der Waals surface area contributed by atoms with E-state index in [1.165, 1.54) is 0 Å². The van der Waals surface area contributed by atoms with Gasteiger partial charge in [0.05, 0.1) is 11.0 Å². The molecular formula is C14H22N2O3S. The maximum Gasteiger partial charge on any atom is 0.243 e. The summed E-state index contributed by atoms with van der Waals surface area (Å²) in [5.74, 6) is 0. The van der Waals surface area contributed by atoms with E-state index in [1.54, 1.807) is 23.5 Å². The summed E-state index contributed by atoms with van der Waals surface area (Å²) in [5.41, 5.74) is 0.809. The molecule has 0 aromatic heterocycles. The average molecular weight is 298 g/mol. The Bertz CT molecular complexity index is 537. The van der Waals surface area contributed by atoms with Gasteiger partial charge in [-0.05, 0) is 31.5 Å². The Hall–Kier alpha value is -0.950. The second-order valence-electron chi connectivity index (χ2n) is 4.98. The number of piperidine rings is 1. The normalized spacial score (nSPS) is 18.3. The summed E-state index contributed by atoms with van der Waals surface area (Å²) in [6, 6.07) is 7.17. The van der Waals surface area contributed by atoms with Gasteiger partial charge in [0.1, 0.15) is 0 Å². The smallest absolute Gasteiger partial charge is 0.243 e. The van der Waals surface area contributed by atoms with E-state index < -0.39 is 10.0 Å². The van der Waals surface area contributed by atoms with Crippen molar-refractivity contribution in [2.75, 3.05) is 27.2 Å². The Morgan fingerprint density at radius 2 is 1.95 bits per heavy atom. The van der Waals surface area contributed by atoms with Crippen molar-refractivity contribution in [3.05, 3.63) is 29.8 Å². The molecule has 0 spiro atoms. The molecule has 112 valence electrons. The van der Waals surface area contributed by atoms with Crippen LogP contribution in [0.2, 0.25) is 0 Å². The van der Waals surface area contributed by atoms with Crippen LogP contribution in [-0.2, 0) is 21.3 Å². The molecule has 0 aliphatic carbocycles. The maximum absolute atomic E-state index is 12.7. The van der Waals surface area contributed by atoms with Crippen LogP contribution in [-0.4, -0.2) is 46.1 Å². The van der Waals surface area contributed by atoms with Crippen molar-refractivity contribution in [1.82, 2.24) is 9.62 Å². The van der Waals surface area contributed by atoms with Crippen LogP contribution < -0.4 is 5.32 Å². The summed E-state index contributed by atoms with van der Waals surface area (Å²) in [6.45, 7) is 1.59. The second kappa shape index (κ2) is 6.67. The molecule has 1 aromatic carbocycles. The number of ether oxygens (including phenoxy) is 1. The number of benzene rings is 1. The number of hydrogen-bond acceptors (Lipinski definition) is 4. The fourth-order valence-electron chi connectivity index (χ4n) is 2.54. The first kappa shape index (κ1) is 15.4. The van der Waals surface area contributed by atoms with Gasteiger partial charge >= 0.3 is 0 Å². The molecule has 0 bridgehead atoms. The van der Waals surface area contributed by atoms with Gasteiger partial charge in [0.2, 0.25) is 10.0 Å². The van der Waals surface area contributed by atoms with Gasteiger partial charge in [0.15, 0.2) is 0 Å². The van der Waals surface area contributed by atoms with E-state index in [9.17, 15) is 8.42 Å². The summed E-state index contributed by atoms with van der Waals surface area (Å²) < 4.78 is 32.3. The molecule has 0 saturated carbocycles. The number of sulfonamides is 1. The number of rotatable bonds is 5. The molecule has 2 rings (SSSR count). The molecule has 0 unspecified atom stereocenters. The number of hydrogen-bond donors (Lipinski definition) is 1. The van der Waals surface area contributed by atoms with Crippen LogP contribution in [0, 0.1) is 0 Å². The summed E-state index contributed by atoms with van der Waals surface area (Å²) in [7, 11) is 0.0818. The third-order valence-corrected chi connectivity index (χ3v) is 5.69. The molecule has 1 N–H and O–H groups in total. The predicted octanol–water partition coefficient (Wildman–Crippen LogP) is 1.21. The van der Waals surface area contributed by atoms with Gasteiger partial charge in [-0.3, -0.25) is 0 Å². The zero-order valence-electron chi connectivity index (χ0n) is 12.0. The van der Waals surface area contributed by atoms with Gasteiger partial charge in [-0.25, -0.2) is 8.42 Å². The Morgan fingerprint density at radius 3 is 2.55 bits per heavy atom. The van der Waals surface area contributed by atoms with Crippen LogP contribution in [0.15, 0.2) is 29.2 Å². The molecule has 5 nitrogen and oxygen atoms in total. The summed E-state index contributed by atoms with van der Waals surface area (Å²) in [6.07, 6.45) is 1.68. The topological polar surface area (TPSA) is 58.6 Å². The van der Waals surface area contributed by atoms with Crippen molar-refractivity contribution in [3.8, 4) is 0 Å². The van der Waals surface area contributed by atoms with E-state index in [-0.39, 0.29) is 6.10 Å². The highest BCUT2D eigenvalue weighted by Crippen LogP contribution is 2.24. The van der Waals surface area contributed by atoms with Crippen LogP contribution in [0.25, 0.3) is 0 Å². The van der Waals surface area contributed by atoms with E-state index >= 15 is 0 Å². The van der Waals surface area contributed by atoms with Crippen LogP contribution in [0.4, 0.5) is 0 Å². The number of nitrogens with one attached hydrogen (secondary N) is 1. The molecule has 1 aliphatic rings. The zero-order valence-corrected chi connectivity index (χ0v) is 12.8. The Labute approximate surface area is 121 Å². The van der Waals surface area contributed by atoms with Gasteiger partial charge in [-0.2, -0.15) is 4.31 Å². The van der Waals surface area contributed by atoms with E-state index in [0.717, 1.165) is 18.4 Å². The third-order valence-electron chi connectivity index (χ3n) is 3.69. The molecule has 1 fully saturated rings. The lowest BCUT2D eigenvalue weighted by molar-refractivity contribution is 0.0604. The second-order valence-corrected chi connectivity index (χ2v) is 6.88. The molecule has 20 heavy (non-hydrogen) atoms. The Balaban J connectivity index is 2.23. The van der Waals surface area contributed by atoms with Crippen LogP contribution in [0.3, 0.4) is 0 Å². The van der Waals surface area contributed by atoms with Crippen molar-refractivity contribution in [2.45, 2.75) is 30.4 Å². The highest BCUT2D eigenvalue weighted by Gasteiger charge is 2.30. The standard InChI is InChI=1S/C14H22N2O3S/c1-15-11-12-5-3-4-6-14(12)20(17,18)16-9-7-13(19-2)8-10-16/h3-6,13,15H,7-11H2,1-2H3. The first-order valence-corrected chi connectivity index (χ1v) is 8.29. The lowest BCUT2D eigenvalue weighted by atomic mass is 10.1. The van der Waals surface area contributed by atoms with Crippen molar-refractivity contribution in [1.29, 1.82) is 0 Å². The quantitative estimate of drug-likeness (QED) is 0.887. The van der Waals surface area contributed by atoms with Crippen molar-refractivity contribution < 1.29 is 13.2 Å². The largest absolute Gasteiger partial charge is 0.381 e. The number of methoxy groups -OCH3 is 1. The molecule has 0 atom stereocenters. The van der Waals surface area contributed by atoms with E-state index in [0.29, 0.717) is 24.5 Å². The zero-order chi connectivity index (χ0) is 14.6. The van der Waals surface area contributed by atoms with Crippen molar-refractivity contribution in [3.63, 3.8) is 0 Å². The summed E-state index contributed by atoms with van der Waals surface area (Å²) >= 11 is 0. The minimum atomic E-state index is -3.41. The molecule has 0 amide bonds. The number of nitrogens with zero attached hydrogens (tertiary/aromatic N) is 1.